The van der Waals surface area contributed by atoms with Gasteiger partial charge in [0.2, 0.25) is 0 Å². The molecule has 0 unspecified atom stereocenters. The molecule has 0 spiro atoms. The van der Waals surface area contributed by atoms with E-state index in [2.05, 4.69) is 10.3 Å². The van der Waals surface area contributed by atoms with E-state index in [0.717, 1.165) is 28.8 Å². The number of hydrogen-bond donors (Lipinski definition) is 3. The molecule has 0 saturated heterocycles. The van der Waals surface area contributed by atoms with E-state index in [1.807, 2.05) is 32.9 Å². The summed E-state index contributed by atoms with van der Waals surface area (Å²) >= 11 is 0. The molecule has 0 atom stereocenters. The first kappa shape index (κ1) is 17.3. The molecule has 0 saturated carbocycles. The lowest BCUT2D eigenvalue weighted by molar-refractivity contribution is -0.119. The quantitative estimate of drug-likeness (QED) is 0.741. The lowest BCUT2D eigenvalue weighted by Crippen LogP contribution is -2.22. The number of amides is 1. The number of nitrogens with one attached hydrogen (secondary N) is 2. The number of aryl methyl sites for hydroxylation is 3. The average Bonchev–Trinajstić information content (AvgIpc) is 2.47. The summed E-state index contributed by atoms with van der Waals surface area (Å²) in [6, 6.07) is 5.91. The molecule has 1 aromatic carbocycles. The summed E-state index contributed by atoms with van der Waals surface area (Å²) in [7, 11) is 0. The number of carbonyl (C=O) groups excluding carboxylic acids is 2. The Morgan fingerprint density at radius 3 is 2.33 bits per heavy atom. The van der Waals surface area contributed by atoms with E-state index in [-0.39, 0.29) is 5.56 Å². The average molecular weight is 330 g/mol. The first-order valence-electron chi connectivity index (χ1n) is 7.24. The molecule has 0 fully saturated rings. The number of H-pyrrole nitrogens is 1. The molecule has 0 bridgehead atoms. The van der Waals surface area contributed by atoms with Crippen molar-refractivity contribution >= 4 is 17.6 Å². The fourth-order valence-electron chi connectivity index (χ4n) is 2.41. The maximum absolute atomic E-state index is 12.0. The van der Waals surface area contributed by atoms with Gasteiger partial charge in [0.25, 0.3) is 11.5 Å². The SMILES string of the molecule is Cc1cc(C)c(NC(=O)COC(=O)c2cc(O)[nH]c(=O)c2)c(C)c1. The van der Waals surface area contributed by atoms with Crippen molar-refractivity contribution in [2.75, 3.05) is 11.9 Å². The molecule has 126 valence electrons. The predicted octanol–water partition coefficient (Wildman–Crippen LogP) is 1.80. The Bertz CT molecular complexity index is 831. The van der Waals surface area contributed by atoms with Crippen molar-refractivity contribution < 1.29 is 19.4 Å². The highest BCUT2D eigenvalue weighted by Gasteiger charge is 2.13. The van der Waals surface area contributed by atoms with Crippen LogP contribution in [0.5, 0.6) is 5.88 Å². The molecule has 7 nitrogen and oxygen atoms in total. The topological polar surface area (TPSA) is 108 Å². The van der Waals surface area contributed by atoms with Gasteiger partial charge in [-0.05, 0) is 31.9 Å². The second kappa shape index (κ2) is 6.99. The van der Waals surface area contributed by atoms with Gasteiger partial charge < -0.3 is 15.2 Å². The van der Waals surface area contributed by atoms with E-state index in [4.69, 9.17) is 4.74 Å². The van der Waals surface area contributed by atoms with Gasteiger partial charge in [0.05, 0.1) is 5.56 Å². The number of esters is 1. The molecule has 0 aliphatic heterocycles. The minimum atomic E-state index is -0.871. The van der Waals surface area contributed by atoms with Gasteiger partial charge in [0.1, 0.15) is 0 Å². The minimum absolute atomic E-state index is 0.133. The smallest absolute Gasteiger partial charge is 0.339 e. The van der Waals surface area contributed by atoms with Crippen molar-refractivity contribution in [1.82, 2.24) is 4.98 Å². The van der Waals surface area contributed by atoms with Crippen molar-refractivity contribution in [1.29, 1.82) is 0 Å². The van der Waals surface area contributed by atoms with Gasteiger partial charge in [-0.3, -0.25) is 14.6 Å². The summed E-state index contributed by atoms with van der Waals surface area (Å²) < 4.78 is 4.86. The first-order chi connectivity index (χ1) is 11.3. The second-order valence-corrected chi connectivity index (χ2v) is 5.52. The molecule has 1 aromatic heterocycles. The number of aromatic nitrogens is 1. The van der Waals surface area contributed by atoms with Gasteiger partial charge in [-0.25, -0.2) is 4.79 Å². The van der Waals surface area contributed by atoms with Crippen LogP contribution < -0.4 is 10.9 Å². The monoisotopic (exact) mass is 330 g/mol. The molecule has 0 radical (unpaired) electrons. The van der Waals surface area contributed by atoms with Crippen LogP contribution in [0, 0.1) is 20.8 Å². The number of ether oxygens (including phenoxy) is 1. The number of anilines is 1. The Balaban J connectivity index is 2.01. The van der Waals surface area contributed by atoms with Crippen LogP contribution in [-0.2, 0) is 9.53 Å². The van der Waals surface area contributed by atoms with Gasteiger partial charge in [0.15, 0.2) is 12.5 Å². The lowest BCUT2D eigenvalue weighted by Gasteiger charge is -2.13. The maximum Gasteiger partial charge on any atom is 0.339 e. The summed E-state index contributed by atoms with van der Waals surface area (Å²) in [5.74, 6) is -1.82. The van der Waals surface area contributed by atoms with E-state index in [1.54, 1.807) is 0 Å². The van der Waals surface area contributed by atoms with Crippen molar-refractivity contribution in [2.45, 2.75) is 20.8 Å². The zero-order chi connectivity index (χ0) is 17.9. The van der Waals surface area contributed by atoms with Gasteiger partial charge in [-0.15, -0.1) is 0 Å². The molecule has 2 aromatic rings. The predicted molar refractivity (Wildman–Crippen MR) is 88.3 cm³/mol. The molecule has 1 amide bonds. The van der Waals surface area contributed by atoms with Crippen LogP contribution in [0.15, 0.2) is 29.1 Å². The van der Waals surface area contributed by atoms with Gasteiger partial charge in [-0.1, -0.05) is 17.7 Å². The molecule has 1 heterocycles. The van der Waals surface area contributed by atoms with Crippen molar-refractivity contribution in [3.05, 3.63) is 56.9 Å². The zero-order valence-electron chi connectivity index (χ0n) is 13.6. The van der Waals surface area contributed by atoms with Gasteiger partial charge in [-0.2, -0.15) is 0 Å². The van der Waals surface area contributed by atoms with Crippen LogP contribution in [0.3, 0.4) is 0 Å². The fraction of sp³-hybridized carbons (Fsp3) is 0.235. The number of benzene rings is 1. The van der Waals surface area contributed by atoms with E-state index >= 15 is 0 Å². The normalized spacial score (nSPS) is 10.3. The highest BCUT2D eigenvalue weighted by atomic mass is 16.5. The number of aromatic hydroxyl groups is 1. The molecule has 2 rings (SSSR count). The summed E-state index contributed by atoms with van der Waals surface area (Å²) in [6.07, 6.45) is 0. The third kappa shape index (κ3) is 4.22. The standard InChI is InChI=1S/C17H18N2O5/c1-9-4-10(2)16(11(3)5-9)19-15(22)8-24-17(23)12-6-13(20)18-14(21)7-12/h4-7H,8H2,1-3H3,(H,19,22)(H2,18,20,21). The van der Waals surface area contributed by atoms with Gasteiger partial charge >= 0.3 is 5.97 Å². The summed E-state index contributed by atoms with van der Waals surface area (Å²) in [5, 5.41) is 12.0. The fourth-order valence-corrected chi connectivity index (χ4v) is 2.41. The Labute approximate surface area is 138 Å². The molecule has 24 heavy (non-hydrogen) atoms. The number of rotatable bonds is 4. The molecular formula is C17H18N2O5. The number of hydrogen-bond acceptors (Lipinski definition) is 5. The Morgan fingerprint density at radius 1 is 1.12 bits per heavy atom. The Hall–Kier alpha value is -3.09. The van der Waals surface area contributed by atoms with Gasteiger partial charge in [0, 0.05) is 17.8 Å². The Morgan fingerprint density at radius 2 is 1.75 bits per heavy atom. The number of pyridine rings is 1. The van der Waals surface area contributed by atoms with E-state index in [0.29, 0.717) is 5.69 Å². The van der Waals surface area contributed by atoms with Crippen LogP contribution in [-0.4, -0.2) is 28.6 Å². The largest absolute Gasteiger partial charge is 0.494 e. The highest BCUT2D eigenvalue weighted by Crippen LogP contribution is 2.21. The molecular weight excluding hydrogens is 312 g/mol. The summed E-state index contributed by atoms with van der Waals surface area (Å²) in [4.78, 5) is 37.1. The van der Waals surface area contributed by atoms with Crippen LogP contribution >= 0.6 is 0 Å². The molecule has 0 aliphatic carbocycles. The van der Waals surface area contributed by atoms with Crippen LogP contribution in [0.1, 0.15) is 27.0 Å². The third-order valence-corrected chi connectivity index (χ3v) is 3.34. The molecule has 7 heteroatoms. The lowest BCUT2D eigenvalue weighted by atomic mass is 10.1. The van der Waals surface area contributed by atoms with E-state index in [1.165, 1.54) is 0 Å². The highest BCUT2D eigenvalue weighted by molar-refractivity contribution is 5.96. The van der Waals surface area contributed by atoms with E-state index < -0.39 is 29.9 Å². The van der Waals surface area contributed by atoms with Crippen molar-refractivity contribution in [3.8, 4) is 5.88 Å². The van der Waals surface area contributed by atoms with Crippen LogP contribution in [0.2, 0.25) is 0 Å². The maximum atomic E-state index is 12.0. The third-order valence-electron chi connectivity index (χ3n) is 3.34. The summed E-state index contributed by atoms with van der Waals surface area (Å²) in [5.41, 5.74) is 2.81. The zero-order valence-corrected chi connectivity index (χ0v) is 13.6. The second-order valence-electron chi connectivity index (χ2n) is 5.52. The van der Waals surface area contributed by atoms with E-state index in [9.17, 15) is 19.5 Å². The van der Waals surface area contributed by atoms with Crippen molar-refractivity contribution in [3.63, 3.8) is 0 Å². The molecule has 0 aliphatic rings. The van der Waals surface area contributed by atoms with Crippen LogP contribution in [0.4, 0.5) is 5.69 Å². The van der Waals surface area contributed by atoms with Crippen molar-refractivity contribution in [2.24, 2.45) is 0 Å². The molecule has 3 N–H and O–H groups in total. The first-order valence-corrected chi connectivity index (χ1v) is 7.24. The number of carbonyl (C=O) groups is 2. The number of aromatic amines is 1. The Kier molecular flexibility index (Phi) is 5.03. The van der Waals surface area contributed by atoms with Crippen LogP contribution in [0.25, 0.3) is 0 Å². The summed E-state index contributed by atoms with van der Waals surface area (Å²) in [6.45, 7) is 5.21. The minimum Gasteiger partial charge on any atom is -0.494 e.